The lowest BCUT2D eigenvalue weighted by Gasteiger charge is -2.62. The molecule has 0 bridgehead atoms. The average molecular weight is 952 g/mol. The minimum atomic E-state index is -1.73. The molecule has 0 aromatic carbocycles. The number of aliphatic hydroxyl groups is 7. The molecular weight excluding hydrogens is 871 g/mol. The van der Waals surface area contributed by atoms with E-state index in [1.807, 2.05) is 0 Å². The summed E-state index contributed by atoms with van der Waals surface area (Å²) in [5.41, 5.74) is 1.47. The van der Waals surface area contributed by atoms with Crippen molar-refractivity contribution in [2.75, 3.05) is 19.8 Å². The number of carbonyl (C=O) groups is 2. The Kier molecular flexibility index (Phi) is 15.3. The van der Waals surface area contributed by atoms with Crippen LogP contribution in [0.1, 0.15) is 127 Å². The smallest absolute Gasteiger partial charge is 0.314 e. The molecule has 0 aromatic heterocycles. The summed E-state index contributed by atoms with van der Waals surface area (Å²) in [7, 11) is 0. The molecule has 67 heavy (non-hydrogen) atoms. The summed E-state index contributed by atoms with van der Waals surface area (Å²) in [6.45, 7) is 21.9. The molecule has 4 aliphatic carbocycles. The third kappa shape index (κ3) is 9.23. The molecule has 0 aromatic rings. The first-order valence-electron chi connectivity index (χ1n) is 24.7. The lowest BCUT2D eigenvalue weighted by molar-refractivity contribution is -0.376. The van der Waals surface area contributed by atoms with Crippen LogP contribution in [0.15, 0.2) is 23.3 Å². The molecule has 0 spiro atoms. The van der Waals surface area contributed by atoms with Gasteiger partial charge in [0, 0.05) is 6.92 Å². The Morgan fingerprint density at radius 1 is 0.806 bits per heavy atom. The molecule has 1 amide bonds. The molecule has 3 heterocycles. The topological polar surface area (TPSA) is 263 Å². The summed E-state index contributed by atoms with van der Waals surface area (Å²) >= 11 is 0. The number of aliphatic hydroxyl groups excluding tert-OH is 7. The van der Waals surface area contributed by atoms with E-state index in [1.54, 1.807) is 0 Å². The second kappa shape index (κ2) is 19.5. The maximum absolute atomic E-state index is 14.0. The minimum Gasteiger partial charge on any atom is -0.481 e. The van der Waals surface area contributed by atoms with E-state index < -0.39 is 121 Å². The van der Waals surface area contributed by atoms with Gasteiger partial charge in [-0.25, -0.2) is 0 Å². The molecule has 7 rings (SSSR count). The third-order valence-electron chi connectivity index (χ3n) is 18.2. The summed E-state index contributed by atoms with van der Waals surface area (Å²) in [5.74, 6) is -0.605. The molecule has 3 saturated heterocycles. The Bertz CT molecular complexity index is 1850. The van der Waals surface area contributed by atoms with Gasteiger partial charge in [0.25, 0.3) is 0 Å². The third-order valence-corrected chi connectivity index (χ3v) is 18.2. The molecule has 5 fully saturated rings. The van der Waals surface area contributed by atoms with E-state index in [0.717, 1.165) is 44.1 Å². The summed E-state index contributed by atoms with van der Waals surface area (Å²) in [6, 6.07) is -1.38. The lowest BCUT2D eigenvalue weighted by atomic mass is 9.43. The fourth-order valence-electron chi connectivity index (χ4n) is 14.1. The van der Waals surface area contributed by atoms with Gasteiger partial charge in [0.05, 0.1) is 31.3 Å². The van der Waals surface area contributed by atoms with Gasteiger partial charge in [-0.3, -0.25) is 9.59 Å². The number of carbonyl (C=O) groups excluding carboxylic acids is 1. The van der Waals surface area contributed by atoms with Crippen LogP contribution in [0.3, 0.4) is 0 Å². The number of amides is 1. The Balaban J connectivity index is 1.17. The van der Waals surface area contributed by atoms with Crippen LogP contribution in [0.2, 0.25) is 0 Å². The zero-order chi connectivity index (χ0) is 49.3. The molecule has 3 aliphatic heterocycles. The number of aliphatic carboxylic acids is 1. The second-order valence-corrected chi connectivity index (χ2v) is 23.2. The Labute approximate surface area is 395 Å². The first-order chi connectivity index (χ1) is 31.2. The van der Waals surface area contributed by atoms with Crippen molar-refractivity contribution in [3.63, 3.8) is 0 Å². The Morgan fingerprint density at radius 3 is 2.10 bits per heavy atom. The minimum absolute atomic E-state index is 0.0212. The van der Waals surface area contributed by atoms with Crippen molar-refractivity contribution in [3.05, 3.63) is 23.3 Å². The predicted octanol–water partition coefficient (Wildman–Crippen LogP) is 3.07. The number of carboxylic acids is 1. The quantitative estimate of drug-likeness (QED) is 0.120. The number of hydrogen-bond donors (Lipinski definition) is 9. The molecule has 17 heteroatoms. The summed E-state index contributed by atoms with van der Waals surface area (Å²) in [4.78, 5) is 26.3. The van der Waals surface area contributed by atoms with Crippen molar-refractivity contribution in [2.24, 2.45) is 44.8 Å². The fraction of sp³-hybridized carbons (Fsp3) is 0.880. The van der Waals surface area contributed by atoms with Crippen molar-refractivity contribution in [2.45, 2.75) is 212 Å². The van der Waals surface area contributed by atoms with Crippen LogP contribution >= 0.6 is 0 Å². The predicted molar refractivity (Wildman–Crippen MR) is 241 cm³/mol. The number of hydrogen-bond acceptors (Lipinski definition) is 15. The number of carboxylic acid groups (broad SMARTS) is 1. The lowest BCUT2D eigenvalue weighted by Crippen LogP contribution is -2.68. The van der Waals surface area contributed by atoms with Gasteiger partial charge < -0.3 is 74.6 Å². The molecule has 20 atom stereocenters. The first kappa shape index (κ1) is 52.7. The van der Waals surface area contributed by atoms with Gasteiger partial charge in [-0.05, 0) is 104 Å². The van der Waals surface area contributed by atoms with Gasteiger partial charge in [-0.1, -0.05) is 78.7 Å². The van der Waals surface area contributed by atoms with Gasteiger partial charge in [-0.15, -0.1) is 0 Å². The van der Waals surface area contributed by atoms with E-state index in [-0.39, 0.29) is 35.9 Å². The molecule has 382 valence electrons. The van der Waals surface area contributed by atoms with Crippen LogP contribution in [0.25, 0.3) is 0 Å². The zero-order valence-electron chi connectivity index (χ0n) is 41.1. The molecule has 7 aliphatic rings. The average Bonchev–Trinajstić information content (AvgIpc) is 3.59. The van der Waals surface area contributed by atoms with Gasteiger partial charge in [0.1, 0.15) is 61.0 Å². The first-order valence-corrected chi connectivity index (χ1v) is 24.7. The number of ether oxygens (including phenoxy) is 6. The molecule has 17 nitrogen and oxygen atoms in total. The van der Waals surface area contributed by atoms with Crippen molar-refractivity contribution >= 4 is 11.9 Å². The summed E-state index contributed by atoms with van der Waals surface area (Å²) in [6.07, 6.45) is -10.9. The van der Waals surface area contributed by atoms with Crippen molar-refractivity contribution < 1.29 is 78.9 Å². The molecule has 0 radical (unpaired) electrons. The molecule has 2 saturated carbocycles. The highest BCUT2D eigenvalue weighted by molar-refractivity contribution is 5.82. The maximum atomic E-state index is 14.0. The largest absolute Gasteiger partial charge is 0.481 e. The van der Waals surface area contributed by atoms with Crippen LogP contribution in [0.5, 0.6) is 0 Å². The van der Waals surface area contributed by atoms with E-state index in [9.17, 15) is 50.4 Å². The SMILES string of the molecule is C=C(CC[C@@H](C)[C@H]1CC[C@@]2(C(=O)O)C3=C(CC[C@]12C)[C@@]1(C)CC[C@H](O[C@@H]2OC[C@H](O)[C@H](O[C@@H]4OC[C@H](O)[C@H](O)[C@H]4O)[C@H]2O[C@@H]2O[C@H](CO)[C@@H](O)[C@@H](O)[C@H]2NC(C)=O)C(C)(C)[C@@H]1CC3)C(C)(C)C. The highest BCUT2D eigenvalue weighted by Crippen LogP contribution is 2.73. The van der Waals surface area contributed by atoms with Gasteiger partial charge >= 0.3 is 5.97 Å². The number of fused-ring (bicyclic) bond motifs is 4. The van der Waals surface area contributed by atoms with Crippen LogP contribution < -0.4 is 5.32 Å². The number of allylic oxidation sites excluding steroid dienone is 2. The van der Waals surface area contributed by atoms with Crippen molar-refractivity contribution in [3.8, 4) is 0 Å². The van der Waals surface area contributed by atoms with Crippen LogP contribution in [0, 0.1) is 44.8 Å². The molecule has 9 N–H and O–H groups in total. The van der Waals surface area contributed by atoms with Crippen molar-refractivity contribution in [1.82, 2.24) is 5.32 Å². The number of nitrogens with one attached hydrogen (secondary N) is 1. The van der Waals surface area contributed by atoms with Crippen LogP contribution in [-0.4, -0.2) is 159 Å². The summed E-state index contributed by atoms with van der Waals surface area (Å²) in [5, 5.41) is 89.0. The van der Waals surface area contributed by atoms with Crippen LogP contribution in [-0.2, 0) is 38.0 Å². The van der Waals surface area contributed by atoms with Crippen LogP contribution in [0.4, 0.5) is 0 Å². The Hall–Kier alpha value is -2.10. The monoisotopic (exact) mass is 952 g/mol. The van der Waals surface area contributed by atoms with E-state index in [4.69, 9.17) is 28.4 Å². The second-order valence-electron chi connectivity index (χ2n) is 23.2. The van der Waals surface area contributed by atoms with E-state index >= 15 is 0 Å². The summed E-state index contributed by atoms with van der Waals surface area (Å²) < 4.78 is 37.4. The standard InChI is InChI=1S/C50H81NO16/c1-24(11-12-25(2)46(4,5)6)27-16-20-50(45(60)61)29-13-14-33-47(7,8)34(17-18-48(33,9)28(29)15-19-49(27,50)10)65-44-41(67-42-35(51-26(3)53)38(58)37(57)32(21-52)64-42)40(31(55)23-63-44)66-43-39(59)36(56)30(54)22-62-43/h24,27,30-44,52,54-59H,2,11-23H2,1,3-10H3,(H,51,53)(H,60,61)/t24-,27-,30+,31+,32-,33+,34+,35-,36+,37-,38+,39-,40+,41-,42+,43+,44+,48-,49-,50+/m1/s1. The normalized spacial score (nSPS) is 45.9. The number of rotatable bonds is 13. The highest BCUT2D eigenvalue weighted by Gasteiger charge is 2.69. The van der Waals surface area contributed by atoms with E-state index in [2.05, 4.69) is 67.3 Å². The van der Waals surface area contributed by atoms with Gasteiger partial charge in [0.15, 0.2) is 18.9 Å². The maximum Gasteiger partial charge on any atom is 0.314 e. The highest BCUT2D eigenvalue weighted by atomic mass is 16.8. The Morgan fingerprint density at radius 2 is 1.46 bits per heavy atom. The van der Waals surface area contributed by atoms with Crippen molar-refractivity contribution in [1.29, 1.82) is 0 Å². The van der Waals surface area contributed by atoms with Gasteiger partial charge in [0.2, 0.25) is 5.91 Å². The van der Waals surface area contributed by atoms with E-state index in [0.29, 0.717) is 31.6 Å². The molecular formula is C50H81NO16. The fourth-order valence-corrected chi connectivity index (χ4v) is 14.1. The molecule has 0 unspecified atom stereocenters. The van der Waals surface area contributed by atoms with Gasteiger partial charge in [-0.2, -0.15) is 0 Å². The van der Waals surface area contributed by atoms with E-state index in [1.165, 1.54) is 18.1 Å². The zero-order valence-corrected chi connectivity index (χ0v) is 41.1.